The third kappa shape index (κ3) is 13.0. The maximum Gasteiger partial charge on any atom is 0.0540 e. The van der Waals surface area contributed by atoms with Crippen LogP contribution in [0.5, 0.6) is 0 Å². The van der Waals surface area contributed by atoms with Crippen LogP contribution in [0.2, 0.25) is 0 Å². The van der Waals surface area contributed by atoms with Gasteiger partial charge in [-0.1, -0.05) is 226 Å². The molecule has 0 aliphatic rings. The number of benzene rings is 14. The molecule has 0 amide bonds. The number of fused-ring (bicyclic) bond motifs is 2. The number of aryl methyl sites for hydroxylation is 4. The van der Waals surface area contributed by atoms with Crippen molar-refractivity contribution < 1.29 is 0 Å². The van der Waals surface area contributed by atoms with Crippen molar-refractivity contribution in [3.05, 3.63) is 350 Å². The van der Waals surface area contributed by atoms with Crippen molar-refractivity contribution >= 4 is 89.8 Å². The van der Waals surface area contributed by atoms with E-state index < -0.39 is 0 Å². The van der Waals surface area contributed by atoms with Crippen LogP contribution in [0.3, 0.4) is 0 Å². The second kappa shape index (κ2) is 27.7. The molecule has 0 saturated heterocycles. The van der Waals surface area contributed by atoms with Gasteiger partial charge in [-0.05, 0) is 234 Å². The van der Waals surface area contributed by atoms with Gasteiger partial charge in [0.05, 0.1) is 11.4 Å². The molecule has 0 spiro atoms. The normalized spacial score (nSPS) is 11.2. The lowest BCUT2D eigenvalue weighted by Gasteiger charge is -2.28. The van der Waals surface area contributed by atoms with Crippen LogP contribution in [-0.2, 0) is 12.8 Å². The molecular weight excluding hydrogens is 1140 g/mol. The van der Waals surface area contributed by atoms with Crippen molar-refractivity contribution in [1.29, 1.82) is 0 Å². The monoisotopic (exact) mass is 1210 g/mol. The van der Waals surface area contributed by atoms with Crippen LogP contribution in [0.15, 0.2) is 328 Å². The minimum atomic E-state index is 1.08. The van der Waals surface area contributed by atoms with Gasteiger partial charge in [0.15, 0.2) is 0 Å². The minimum Gasteiger partial charge on any atom is -0.311 e. The number of nitrogens with zero attached hydrogens (tertiary/aromatic N) is 4. The van der Waals surface area contributed by atoms with E-state index in [1.165, 1.54) is 80.6 Å². The average molecular weight is 1220 g/mol. The van der Waals surface area contributed by atoms with Crippen LogP contribution >= 0.6 is 0 Å². The van der Waals surface area contributed by atoms with E-state index in [9.17, 15) is 0 Å². The number of anilines is 12. The summed E-state index contributed by atoms with van der Waals surface area (Å²) < 4.78 is 0. The van der Waals surface area contributed by atoms with Gasteiger partial charge in [-0.2, -0.15) is 0 Å². The second-order valence-electron chi connectivity index (χ2n) is 24.8. The van der Waals surface area contributed by atoms with E-state index in [0.717, 1.165) is 103 Å². The Bertz CT molecular complexity index is 4830. The topological polar surface area (TPSA) is 13.0 Å². The van der Waals surface area contributed by atoms with Gasteiger partial charge in [0.25, 0.3) is 0 Å². The van der Waals surface area contributed by atoms with Crippen LogP contribution in [0, 0.1) is 13.8 Å². The fourth-order valence-corrected chi connectivity index (χ4v) is 13.2. The lowest BCUT2D eigenvalue weighted by atomic mass is 10.0. The quantitative estimate of drug-likeness (QED) is 0.0711. The van der Waals surface area contributed by atoms with E-state index >= 15 is 0 Å². The average Bonchev–Trinajstić information content (AvgIpc) is 0.845. The molecule has 14 aromatic carbocycles. The van der Waals surface area contributed by atoms with Gasteiger partial charge in [0.1, 0.15) is 0 Å². The number of hydrogen-bond acceptors (Lipinski definition) is 4. The van der Waals surface area contributed by atoms with Crippen molar-refractivity contribution in [2.24, 2.45) is 0 Å². The summed E-state index contributed by atoms with van der Waals surface area (Å²) >= 11 is 0. The van der Waals surface area contributed by atoms with E-state index in [2.05, 4.69) is 375 Å². The van der Waals surface area contributed by atoms with Gasteiger partial charge in [-0.3, -0.25) is 0 Å². The van der Waals surface area contributed by atoms with Crippen molar-refractivity contribution in [1.82, 2.24) is 0 Å². The lowest BCUT2D eigenvalue weighted by Crippen LogP contribution is -2.11. The summed E-state index contributed by atoms with van der Waals surface area (Å²) in [6.07, 6.45) is 6.92. The summed E-state index contributed by atoms with van der Waals surface area (Å²) in [6, 6.07) is 121. The van der Waals surface area contributed by atoms with Crippen LogP contribution in [0.4, 0.5) is 68.2 Å². The molecule has 0 radical (unpaired) electrons. The van der Waals surface area contributed by atoms with E-state index in [4.69, 9.17) is 0 Å². The summed E-state index contributed by atoms with van der Waals surface area (Å²) in [6.45, 7) is 8.82. The third-order valence-electron chi connectivity index (χ3n) is 18.3. The van der Waals surface area contributed by atoms with Gasteiger partial charge < -0.3 is 19.6 Å². The van der Waals surface area contributed by atoms with Crippen LogP contribution < -0.4 is 19.6 Å². The molecule has 4 nitrogen and oxygen atoms in total. The van der Waals surface area contributed by atoms with Crippen molar-refractivity contribution in [2.45, 2.75) is 66.2 Å². The lowest BCUT2D eigenvalue weighted by molar-refractivity contribution is 0.795. The molecule has 0 bridgehead atoms. The largest absolute Gasteiger partial charge is 0.311 e. The SMILES string of the molecule is CCCCc1ccc(N(c2ccc(C)cc2)c2ccc(-c3ccc(N(c4ccc(CCCC)cc4)c4ccc(-c5cccc(N(c6ccc(-c7ccc(N(c8cccc(C)c8)c8cccc9ccccc89)cc7)cc6)c6cccc7ccccc67)c5)cc4)cc3)cc2)cc1. The Morgan fingerprint density at radius 2 is 0.532 bits per heavy atom. The zero-order valence-corrected chi connectivity index (χ0v) is 54.2. The van der Waals surface area contributed by atoms with Crippen LogP contribution in [0.1, 0.15) is 61.8 Å². The first-order valence-electron chi connectivity index (χ1n) is 33.4. The molecule has 0 heterocycles. The molecule has 0 fully saturated rings. The van der Waals surface area contributed by atoms with Gasteiger partial charge in [-0.15, -0.1) is 0 Å². The molecule has 94 heavy (non-hydrogen) atoms. The number of unbranched alkanes of at least 4 members (excludes halogenated alkanes) is 2. The minimum absolute atomic E-state index is 1.08. The molecule has 0 unspecified atom stereocenters. The second-order valence-corrected chi connectivity index (χ2v) is 24.8. The zero-order chi connectivity index (χ0) is 63.7. The summed E-state index contributed by atoms with van der Waals surface area (Å²) in [4.78, 5) is 9.54. The molecule has 0 aromatic heterocycles. The molecule has 4 heteroatoms. The van der Waals surface area contributed by atoms with Crippen LogP contribution in [-0.4, -0.2) is 0 Å². The first kappa shape index (κ1) is 60.4. The molecule has 0 aliphatic heterocycles. The summed E-state index contributed by atoms with van der Waals surface area (Å²) in [7, 11) is 0. The van der Waals surface area contributed by atoms with Gasteiger partial charge in [-0.25, -0.2) is 0 Å². The summed E-state index contributed by atoms with van der Waals surface area (Å²) in [5.41, 5.74) is 25.5. The molecule has 0 N–H and O–H groups in total. The highest BCUT2D eigenvalue weighted by molar-refractivity contribution is 6.01. The Labute approximate surface area is 555 Å². The Kier molecular flexibility index (Phi) is 17.8. The van der Waals surface area contributed by atoms with E-state index in [0.29, 0.717) is 0 Å². The van der Waals surface area contributed by atoms with E-state index in [-0.39, 0.29) is 0 Å². The predicted molar refractivity (Wildman–Crippen MR) is 403 cm³/mol. The maximum absolute atomic E-state index is 2.41. The molecule has 458 valence electrons. The van der Waals surface area contributed by atoms with E-state index in [1.54, 1.807) is 0 Å². The first-order valence-corrected chi connectivity index (χ1v) is 33.4. The zero-order valence-electron chi connectivity index (χ0n) is 54.2. The summed E-state index contributed by atoms with van der Waals surface area (Å²) in [5, 5.41) is 4.81. The Balaban J connectivity index is 0.755. The highest BCUT2D eigenvalue weighted by Crippen LogP contribution is 2.45. The Hall–Kier alpha value is -11.2. The van der Waals surface area contributed by atoms with E-state index in [1.807, 2.05) is 0 Å². The van der Waals surface area contributed by atoms with Crippen molar-refractivity contribution in [3.63, 3.8) is 0 Å². The number of hydrogen-bond donors (Lipinski definition) is 0. The smallest absolute Gasteiger partial charge is 0.0540 e. The van der Waals surface area contributed by atoms with Gasteiger partial charge >= 0.3 is 0 Å². The highest BCUT2D eigenvalue weighted by atomic mass is 15.2. The molecule has 14 rings (SSSR count). The first-order chi connectivity index (χ1) is 46.3. The number of rotatable bonds is 21. The molecule has 14 aromatic rings. The van der Waals surface area contributed by atoms with Crippen LogP contribution in [0.25, 0.3) is 54.9 Å². The Morgan fingerprint density at radius 3 is 0.915 bits per heavy atom. The van der Waals surface area contributed by atoms with Crippen molar-refractivity contribution in [2.75, 3.05) is 19.6 Å². The third-order valence-corrected chi connectivity index (χ3v) is 18.3. The fraction of sp³-hybridized carbons (Fsp3) is 0.111. The fourth-order valence-electron chi connectivity index (χ4n) is 13.2. The Morgan fingerprint density at radius 1 is 0.223 bits per heavy atom. The summed E-state index contributed by atoms with van der Waals surface area (Å²) in [5.74, 6) is 0. The molecule has 0 atom stereocenters. The predicted octanol–water partition coefficient (Wildman–Crippen LogP) is 26.2. The molecular formula is C90H78N4. The van der Waals surface area contributed by atoms with Crippen molar-refractivity contribution in [3.8, 4) is 33.4 Å². The standard InChI is InChI=1S/C90H78N4/c1-5-7-18-67-33-49-78(50-34-67)91(77-47-31-65(3)32-48-77)80-53-37-69(38-54-80)70-39-55-81(56-40-70)92(79-51-35-68(36-52-79)19-8-6-2)82-57-45-73(46-58-82)76-24-14-26-86(64-76)94(90-30-16-23-75-21-10-12-28-88(75)90)84-61-43-72(44-62-84)71-41-59-83(60-42-71)93(85-25-13-17-66(4)63-85)89-29-15-22-74-20-9-11-27-87(74)89/h9-17,20-64H,5-8,18-19H2,1-4H3. The highest BCUT2D eigenvalue weighted by Gasteiger charge is 2.21. The maximum atomic E-state index is 2.41. The van der Waals surface area contributed by atoms with Gasteiger partial charge in [0.2, 0.25) is 0 Å². The molecule has 0 saturated carbocycles. The van der Waals surface area contributed by atoms with Gasteiger partial charge in [0, 0.05) is 67.6 Å². The molecule has 0 aliphatic carbocycles.